The third kappa shape index (κ3) is 1.82. The lowest BCUT2D eigenvalue weighted by Gasteiger charge is -2.14. The van der Waals surface area contributed by atoms with E-state index in [4.69, 9.17) is 0 Å². The molecule has 3 heterocycles. The summed E-state index contributed by atoms with van der Waals surface area (Å²) in [6, 6.07) is 2.42. The molecule has 3 aromatic heterocycles. The molecule has 0 fully saturated rings. The fourth-order valence-electron chi connectivity index (χ4n) is 2.35. The number of hydrogen-bond acceptors (Lipinski definition) is 4. The Balaban J connectivity index is 2.13. The number of rotatable bonds is 1. The fourth-order valence-corrected chi connectivity index (χ4v) is 2.35. The number of imidazole rings is 1. The Morgan fingerprint density at radius 1 is 1.09 bits per heavy atom. The summed E-state index contributed by atoms with van der Waals surface area (Å²) in [6.07, 6.45) is 2.50. The molecule has 0 radical (unpaired) electrons. The van der Waals surface area contributed by atoms with E-state index in [0.717, 1.165) is 6.07 Å². The van der Waals surface area contributed by atoms with Gasteiger partial charge in [-0.05, 0) is 12.1 Å². The molecule has 110 valence electrons. The molecule has 0 bridgehead atoms. The first-order valence-electron chi connectivity index (χ1n) is 6.22. The summed E-state index contributed by atoms with van der Waals surface area (Å²) in [5, 5.41) is 7.59. The van der Waals surface area contributed by atoms with E-state index in [1.807, 2.05) is 0 Å². The lowest BCUT2D eigenvalue weighted by molar-refractivity contribution is -0.137. The Bertz CT molecular complexity index is 971. The van der Waals surface area contributed by atoms with E-state index >= 15 is 0 Å². The zero-order chi connectivity index (χ0) is 15.3. The van der Waals surface area contributed by atoms with Crippen molar-refractivity contribution in [2.75, 3.05) is 0 Å². The monoisotopic (exact) mass is 304 g/mol. The Kier molecular flexibility index (Phi) is 2.47. The molecule has 0 saturated carbocycles. The summed E-state index contributed by atoms with van der Waals surface area (Å²) >= 11 is 0. The molecule has 0 aliphatic carbocycles. The molecule has 1 aromatic carbocycles. The summed E-state index contributed by atoms with van der Waals surface area (Å²) in [7, 11) is 0. The van der Waals surface area contributed by atoms with Gasteiger partial charge < -0.3 is 4.57 Å². The molecule has 9 heteroatoms. The summed E-state index contributed by atoms with van der Waals surface area (Å²) < 4.78 is 42.9. The van der Waals surface area contributed by atoms with Gasteiger partial charge in [0.1, 0.15) is 6.33 Å². The molecule has 0 unspecified atom stereocenters. The Morgan fingerprint density at radius 3 is 2.68 bits per heavy atom. The first-order chi connectivity index (χ1) is 10.5. The van der Waals surface area contributed by atoms with Crippen molar-refractivity contribution in [3.8, 4) is 5.69 Å². The van der Waals surface area contributed by atoms with Gasteiger partial charge in [0.2, 0.25) is 0 Å². The van der Waals surface area contributed by atoms with Crippen LogP contribution in [0.25, 0.3) is 22.4 Å². The van der Waals surface area contributed by atoms with Crippen LogP contribution in [0.5, 0.6) is 0 Å². The number of alkyl halides is 3. The van der Waals surface area contributed by atoms with Crippen molar-refractivity contribution in [1.29, 1.82) is 0 Å². The Labute approximate surface area is 120 Å². The highest BCUT2D eigenvalue weighted by Crippen LogP contribution is 2.36. The largest absolute Gasteiger partial charge is 0.418 e. The number of hydrogen-bond donors (Lipinski definition) is 0. The average molecular weight is 304 g/mol. The standard InChI is InChI=1S/C13H7F3N6/c14-13(15,16)8-3-9-11(4-10(8)21-2-1-17-6-21)22-7-19-20-12(22)5-18-9/h1-7H. The summed E-state index contributed by atoms with van der Waals surface area (Å²) in [4.78, 5) is 7.83. The molecular weight excluding hydrogens is 297 g/mol. The highest BCUT2D eigenvalue weighted by atomic mass is 19.4. The van der Waals surface area contributed by atoms with Gasteiger partial charge >= 0.3 is 6.18 Å². The second-order valence-corrected chi connectivity index (χ2v) is 4.64. The van der Waals surface area contributed by atoms with Gasteiger partial charge in [0.15, 0.2) is 5.65 Å². The molecule has 0 atom stereocenters. The van der Waals surface area contributed by atoms with Crippen LogP contribution in [0.2, 0.25) is 0 Å². The Morgan fingerprint density at radius 2 is 1.95 bits per heavy atom. The van der Waals surface area contributed by atoms with E-state index in [1.165, 1.54) is 41.9 Å². The molecule has 6 nitrogen and oxygen atoms in total. The minimum atomic E-state index is -4.50. The van der Waals surface area contributed by atoms with Crippen molar-refractivity contribution in [2.45, 2.75) is 6.18 Å². The molecule has 0 aliphatic rings. The maximum absolute atomic E-state index is 13.3. The molecule has 0 spiro atoms. The van der Waals surface area contributed by atoms with Crippen LogP contribution in [0.4, 0.5) is 13.2 Å². The summed E-state index contributed by atoms with van der Waals surface area (Å²) in [5.41, 5.74) is 0.352. The first-order valence-corrected chi connectivity index (χ1v) is 6.22. The van der Waals surface area contributed by atoms with Crippen LogP contribution < -0.4 is 0 Å². The van der Waals surface area contributed by atoms with E-state index in [1.54, 1.807) is 4.40 Å². The molecule has 0 N–H and O–H groups in total. The van der Waals surface area contributed by atoms with E-state index in [9.17, 15) is 13.2 Å². The SMILES string of the molecule is FC(F)(F)c1cc2ncc3nncn3c2cc1-n1ccnc1. The maximum Gasteiger partial charge on any atom is 0.418 e. The van der Waals surface area contributed by atoms with Crippen LogP contribution in [0.3, 0.4) is 0 Å². The molecule has 0 amide bonds. The zero-order valence-electron chi connectivity index (χ0n) is 10.9. The predicted molar refractivity (Wildman–Crippen MR) is 70.4 cm³/mol. The quantitative estimate of drug-likeness (QED) is 0.542. The van der Waals surface area contributed by atoms with Crippen molar-refractivity contribution < 1.29 is 13.2 Å². The molecule has 4 rings (SSSR count). The van der Waals surface area contributed by atoms with Crippen LogP contribution in [0.15, 0.2) is 43.4 Å². The van der Waals surface area contributed by atoms with Gasteiger partial charge in [-0.1, -0.05) is 0 Å². The van der Waals surface area contributed by atoms with E-state index in [-0.39, 0.29) is 11.2 Å². The van der Waals surface area contributed by atoms with Crippen molar-refractivity contribution in [1.82, 2.24) is 29.1 Å². The Hall–Kier alpha value is -2.97. The highest BCUT2D eigenvalue weighted by molar-refractivity contribution is 5.81. The van der Waals surface area contributed by atoms with Crippen molar-refractivity contribution in [3.05, 3.63) is 48.9 Å². The lowest BCUT2D eigenvalue weighted by Crippen LogP contribution is -2.11. The van der Waals surface area contributed by atoms with Crippen LogP contribution in [-0.2, 0) is 6.18 Å². The topological polar surface area (TPSA) is 60.9 Å². The molecule has 0 saturated heterocycles. The summed E-state index contributed by atoms with van der Waals surface area (Å²) in [5.74, 6) is 0. The number of fused-ring (bicyclic) bond motifs is 3. The van der Waals surface area contributed by atoms with Gasteiger partial charge in [-0.15, -0.1) is 10.2 Å². The van der Waals surface area contributed by atoms with Crippen molar-refractivity contribution >= 4 is 16.7 Å². The van der Waals surface area contributed by atoms with Crippen molar-refractivity contribution in [2.24, 2.45) is 0 Å². The van der Waals surface area contributed by atoms with Gasteiger partial charge in [0.25, 0.3) is 0 Å². The third-order valence-electron chi connectivity index (χ3n) is 3.33. The normalized spacial score (nSPS) is 12.3. The van der Waals surface area contributed by atoms with E-state index in [2.05, 4.69) is 20.2 Å². The third-order valence-corrected chi connectivity index (χ3v) is 3.33. The number of benzene rings is 1. The smallest absolute Gasteiger partial charge is 0.306 e. The minimum absolute atomic E-state index is 0.0273. The number of aromatic nitrogens is 6. The first kappa shape index (κ1) is 12.7. The van der Waals surface area contributed by atoms with Gasteiger partial charge in [-0.25, -0.2) is 4.98 Å². The van der Waals surface area contributed by atoms with Crippen molar-refractivity contribution in [3.63, 3.8) is 0 Å². The second kappa shape index (κ2) is 4.26. The molecular formula is C13H7F3N6. The number of halogens is 3. The highest BCUT2D eigenvalue weighted by Gasteiger charge is 2.34. The lowest BCUT2D eigenvalue weighted by atomic mass is 10.1. The average Bonchev–Trinajstić information content (AvgIpc) is 3.16. The van der Waals surface area contributed by atoms with Crippen LogP contribution in [0, 0.1) is 0 Å². The van der Waals surface area contributed by atoms with Crippen LogP contribution >= 0.6 is 0 Å². The van der Waals surface area contributed by atoms with Crippen LogP contribution in [0.1, 0.15) is 5.56 Å². The molecule has 0 aliphatic heterocycles. The maximum atomic E-state index is 13.3. The van der Waals surface area contributed by atoms with Gasteiger partial charge in [0, 0.05) is 12.4 Å². The zero-order valence-corrected chi connectivity index (χ0v) is 10.9. The second-order valence-electron chi connectivity index (χ2n) is 4.64. The van der Waals surface area contributed by atoms with Gasteiger partial charge in [0.05, 0.1) is 34.8 Å². The molecule has 4 aromatic rings. The number of nitrogens with zero attached hydrogens (tertiary/aromatic N) is 6. The van der Waals surface area contributed by atoms with E-state index < -0.39 is 11.7 Å². The van der Waals surface area contributed by atoms with Gasteiger partial charge in [-0.2, -0.15) is 13.2 Å². The fraction of sp³-hybridized carbons (Fsp3) is 0.0769. The predicted octanol–water partition coefficient (Wildman–Crippen LogP) is 2.48. The minimum Gasteiger partial charge on any atom is -0.306 e. The van der Waals surface area contributed by atoms with Gasteiger partial charge in [-0.3, -0.25) is 9.38 Å². The molecule has 22 heavy (non-hydrogen) atoms. The summed E-state index contributed by atoms with van der Waals surface area (Å²) in [6.45, 7) is 0. The van der Waals surface area contributed by atoms with Crippen LogP contribution in [-0.4, -0.2) is 29.1 Å². The van der Waals surface area contributed by atoms with E-state index in [0.29, 0.717) is 11.2 Å².